The average Bonchev–Trinajstić information content (AvgIpc) is 2.03. The molecule has 1 nitrogen and oxygen atoms in total. The van der Waals surface area contributed by atoms with Gasteiger partial charge in [-0.3, -0.25) is 4.39 Å². The van der Waals surface area contributed by atoms with Gasteiger partial charge in [0.05, 0.1) is 6.67 Å². The number of nitrogens with one attached hydrogen (secondary N) is 1. The molecule has 1 N–H and O–H groups in total. The van der Waals surface area contributed by atoms with Crippen molar-refractivity contribution in [2.45, 2.75) is 38.1 Å². The van der Waals surface area contributed by atoms with Crippen LogP contribution in [0.3, 0.4) is 0 Å². The quantitative estimate of drug-likeness (QED) is 0.639. The Hall–Kier alpha value is -0.110. The molecule has 0 saturated carbocycles. The first-order valence-electron chi connectivity index (χ1n) is 4.23. The number of hydrogen-bond acceptors (Lipinski definition) is 1. The largest absolute Gasteiger partial charge is 0.314 e. The second kappa shape index (κ2) is 4.67. The standard InChI is InChI=1S/C8H16FN/c9-6-3-5-8-4-1-2-7-10-8/h8,10H,1-7H2. The first-order valence-corrected chi connectivity index (χ1v) is 4.23. The van der Waals surface area contributed by atoms with E-state index in [0.29, 0.717) is 6.04 Å². The summed E-state index contributed by atoms with van der Waals surface area (Å²) in [7, 11) is 0. The van der Waals surface area contributed by atoms with Crippen LogP contribution >= 0.6 is 0 Å². The van der Waals surface area contributed by atoms with E-state index < -0.39 is 0 Å². The predicted molar refractivity (Wildman–Crippen MR) is 40.9 cm³/mol. The lowest BCUT2D eigenvalue weighted by atomic mass is 10.0. The van der Waals surface area contributed by atoms with Gasteiger partial charge in [-0.05, 0) is 32.2 Å². The van der Waals surface area contributed by atoms with Crippen LogP contribution in [-0.2, 0) is 0 Å². The molecule has 0 aliphatic carbocycles. The zero-order valence-electron chi connectivity index (χ0n) is 6.41. The van der Waals surface area contributed by atoms with Crippen molar-refractivity contribution in [3.05, 3.63) is 0 Å². The van der Waals surface area contributed by atoms with Crippen molar-refractivity contribution < 1.29 is 4.39 Å². The topological polar surface area (TPSA) is 12.0 Å². The highest BCUT2D eigenvalue weighted by Gasteiger charge is 2.10. The number of piperidine rings is 1. The predicted octanol–water partition coefficient (Wildman–Crippen LogP) is 1.88. The van der Waals surface area contributed by atoms with E-state index in [1.807, 2.05) is 0 Å². The Balaban J connectivity index is 2.02. The van der Waals surface area contributed by atoms with Crippen molar-refractivity contribution in [1.82, 2.24) is 5.32 Å². The SMILES string of the molecule is FCCCC1CCCCN1. The Morgan fingerprint density at radius 3 is 2.90 bits per heavy atom. The third kappa shape index (κ3) is 2.65. The molecule has 0 spiro atoms. The van der Waals surface area contributed by atoms with Gasteiger partial charge in [0.25, 0.3) is 0 Å². The normalized spacial score (nSPS) is 26.7. The van der Waals surface area contributed by atoms with E-state index in [-0.39, 0.29) is 6.67 Å². The molecule has 1 saturated heterocycles. The Kier molecular flexibility index (Phi) is 3.73. The number of hydrogen-bond donors (Lipinski definition) is 1. The second-order valence-corrected chi connectivity index (χ2v) is 2.98. The zero-order valence-corrected chi connectivity index (χ0v) is 6.41. The van der Waals surface area contributed by atoms with E-state index in [9.17, 15) is 4.39 Å². The van der Waals surface area contributed by atoms with Crippen LogP contribution in [0, 0.1) is 0 Å². The lowest BCUT2D eigenvalue weighted by Crippen LogP contribution is -2.33. The maximum absolute atomic E-state index is 11.7. The van der Waals surface area contributed by atoms with Crippen molar-refractivity contribution in [1.29, 1.82) is 0 Å². The van der Waals surface area contributed by atoms with Crippen molar-refractivity contribution in [3.8, 4) is 0 Å². The smallest absolute Gasteiger partial charge is 0.0895 e. The van der Waals surface area contributed by atoms with Gasteiger partial charge in [0.1, 0.15) is 0 Å². The fourth-order valence-corrected chi connectivity index (χ4v) is 1.49. The molecule has 1 heterocycles. The Bertz CT molecular complexity index is 79.3. The molecule has 0 aromatic rings. The molecule has 60 valence electrons. The molecule has 1 atom stereocenters. The summed E-state index contributed by atoms with van der Waals surface area (Å²) in [4.78, 5) is 0. The zero-order chi connectivity index (χ0) is 7.23. The summed E-state index contributed by atoms with van der Waals surface area (Å²) in [5.41, 5.74) is 0. The molecule has 1 fully saturated rings. The van der Waals surface area contributed by atoms with Crippen LogP contribution in [0.5, 0.6) is 0 Å². The van der Waals surface area contributed by atoms with Gasteiger partial charge in [0.2, 0.25) is 0 Å². The fourth-order valence-electron chi connectivity index (χ4n) is 1.49. The molecular weight excluding hydrogens is 129 g/mol. The van der Waals surface area contributed by atoms with E-state index >= 15 is 0 Å². The van der Waals surface area contributed by atoms with Gasteiger partial charge in [-0.2, -0.15) is 0 Å². The molecule has 0 aromatic heterocycles. The molecule has 10 heavy (non-hydrogen) atoms. The van der Waals surface area contributed by atoms with E-state index in [0.717, 1.165) is 19.4 Å². The van der Waals surface area contributed by atoms with Crippen molar-refractivity contribution in [2.75, 3.05) is 13.2 Å². The van der Waals surface area contributed by atoms with E-state index in [1.165, 1.54) is 19.3 Å². The minimum Gasteiger partial charge on any atom is -0.314 e. The van der Waals surface area contributed by atoms with Crippen LogP contribution in [0.25, 0.3) is 0 Å². The second-order valence-electron chi connectivity index (χ2n) is 2.98. The average molecular weight is 145 g/mol. The van der Waals surface area contributed by atoms with E-state index in [1.54, 1.807) is 0 Å². The maximum Gasteiger partial charge on any atom is 0.0895 e. The first-order chi connectivity index (χ1) is 4.93. The Morgan fingerprint density at radius 2 is 2.30 bits per heavy atom. The van der Waals surface area contributed by atoms with Gasteiger partial charge in [0, 0.05) is 6.04 Å². The Morgan fingerprint density at radius 1 is 1.40 bits per heavy atom. The summed E-state index contributed by atoms with van der Waals surface area (Å²) in [5.74, 6) is 0. The highest BCUT2D eigenvalue weighted by atomic mass is 19.1. The lowest BCUT2D eigenvalue weighted by Gasteiger charge is -2.22. The van der Waals surface area contributed by atoms with Crippen LogP contribution in [0.15, 0.2) is 0 Å². The van der Waals surface area contributed by atoms with Gasteiger partial charge >= 0.3 is 0 Å². The molecule has 0 aromatic carbocycles. The van der Waals surface area contributed by atoms with Crippen LogP contribution in [0.2, 0.25) is 0 Å². The molecule has 1 unspecified atom stereocenters. The number of alkyl halides is 1. The lowest BCUT2D eigenvalue weighted by molar-refractivity contribution is 0.353. The minimum absolute atomic E-state index is 0.155. The molecular formula is C8H16FN. The summed E-state index contributed by atoms with van der Waals surface area (Å²) >= 11 is 0. The highest BCUT2D eigenvalue weighted by Crippen LogP contribution is 2.11. The van der Waals surface area contributed by atoms with Crippen molar-refractivity contribution >= 4 is 0 Å². The van der Waals surface area contributed by atoms with Crippen LogP contribution in [-0.4, -0.2) is 19.3 Å². The first kappa shape index (κ1) is 7.99. The molecule has 0 radical (unpaired) electrons. The summed E-state index contributed by atoms with van der Waals surface area (Å²) in [6, 6.07) is 0.615. The van der Waals surface area contributed by atoms with Gasteiger partial charge in [-0.15, -0.1) is 0 Å². The molecule has 0 bridgehead atoms. The number of halogens is 1. The van der Waals surface area contributed by atoms with Crippen molar-refractivity contribution in [2.24, 2.45) is 0 Å². The molecule has 1 rings (SSSR count). The molecule has 0 amide bonds. The monoisotopic (exact) mass is 145 g/mol. The fraction of sp³-hybridized carbons (Fsp3) is 1.00. The molecule has 2 heteroatoms. The van der Waals surface area contributed by atoms with E-state index in [4.69, 9.17) is 0 Å². The summed E-state index contributed by atoms with van der Waals surface area (Å²) in [6.07, 6.45) is 5.63. The maximum atomic E-state index is 11.7. The Labute approximate surface area is 62.0 Å². The van der Waals surface area contributed by atoms with Gasteiger partial charge in [-0.1, -0.05) is 6.42 Å². The third-order valence-electron chi connectivity index (χ3n) is 2.10. The highest BCUT2D eigenvalue weighted by molar-refractivity contribution is 4.71. The van der Waals surface area contributed by atoms with E-state index in [2.05, 4.69) is 5.32 Å². The molecule has 1 aliphatic rings. The van der Waals surface area contributed by atoms with Crippen LogP contribution in [0.1, 0.15) is 32.1 Å². The third-order valence-corrected chi connectivity index (χ3v) is 2.10. The van der Waals surface area contributed by atoms with Gasteiger partial charge in [-0.25, -0.2) is 0 Å². The summed E-state index contributed by atoms with van der Waals surface area (Å²) < 4.78 is 11.7. The minimum atomic E-state index is -0.155. The summed E-state index contributed by atoms with van der Waals surface area (Å²) in [5, 5.41) is 3.39. The van der Waals surface area contributed by atoms with Gasteiger partial charge in [0.15, 0.2) is 0 Å². The van der Waals surface area contributed by atoms with Crippen LogP contribution in [0.4, 0.5) is 4.39 Å². The molecule has 1 aliphatic heterocycles. The van der Waals surface area contributed by atoms with Gasteiger partial charge < -0.3 is 5.32 Å². The number of rotatable bonds is 3. The van der Waals surface area contributed by atoms with Crippen molar-refractivity contribution in [3.63, 3.8) is 0 Å². The summed E-state index contributed by atoms with van der Waals surface area (Å²) in [6.45, 7) is 0.981. The van der Waals surface area contributed by atoms with Crippen LogP contribution < -0.4 is 5.32 Å².